The molecular formula is C29H56O6. The number of carboxylic acid groups (broad SMARTS) is 1. The van der Waals surface area contributed by atoms with Crippen molar-refractivity contribution < 1.29 is 29.1 Å². The Morgan fingerprint density at radius 3 is 1.34 bits per heavy atom. The molecule has 0 radical (unpaired) electrons. The number of hydrogen-bond acceptors (Lipinski definition) is 5. The Morgan fingerprint density at radius 1 is 0.657 bits per heavy atom. The minimum Gasteiger partial charge on any atom is -0.481 e. The summed E-state index contributed by atoms with van der Waals surface area (Å²) in [5.41, 5.74) is 0. The zero-order valence-electron chi connectivity index (χ0n) is 23.8. The first-order valence-corrected chi connectivity index (χ1v) is 14.0. The second-order valence-electron chi connectivity index (χ2n) is 8.74. The highest BCUT2D eigenvalue weighted by molar-refractivity contribution is 5.84. The molecule has 0 unspecified atom stereocenters. The molecule has 1 atom stereocenters. The highest BCUT2D eigenvalue weighted by Crippen LogP contribution is 2.16. The van der Waals surface area contributed by atoms with Crippen molar-refractivity contribution >= 4 is 23.7 Å². The average Bonchev–Trinajstić information content (AvgIpc) is 2.84. The molecule has 6 heteroatoms. The van der Waals surface area contributed by atoms with Gasteiger partial charge >= 0.3 is 12.1 Å². The van der Waals surface area contributed by atoms with Crippen molar-refractivity contribution in [2.24, 2.45) is 5.92 Å². The van der Waals surface area contributed by atoms with Gasteiger partial charge in [-0.15, -0.1) is 0 Å². The van der Waals surface area contributed by atoms with E-state index >= 15 is 0 Å². The van der Waals surface area contributed by atoms with Gasteiger partial charge < -0.3 is 9.90 Å². The molecule has 208 valence electrons. The van der Waals surface area contributed by atoms with Crippen molar-refractivity contribution in [3.05, 3.63) is 0 Å². The Bertz CT molecular complexity index is 493. The van der Waals surface area contributed by atoms with Crippen LogP contribution in [0.15, 0.2) is 0 Å². The maximum absolute atomic E-state index is 11.9. The zero-order chi connectivity index (χ0) is 27.7. The molecule has 0 aliphatic heterocycles. The number of carboxylic acids is 1. The maximum atomic E-state index is 11.9. The fourth-order valence-electron chi connectivity index (χ4n) is 3.23. The van der Waals surface area contributed by atoms with Gasteiger partial charge in [-0.2, -0.15) is 9.59 Å². The summed E-state index contributed by atoms with van der Waals surface area (Å²) >= 11 is 0. The van der Waals surface area contributed by atoms with Gasteiger partial charge in [0.25, 0.3) is 0 Å². The van der Waals surface area contributed by atoms with E-state index in [-0.39, 0.29) is 37.0 Å². The van der Waals surface area contributed by atoms with Crippen LogP contribution in [0.1, 0.15) is 157 Å². The Hall–Kier alpha value is -1.81. The number of ketones is 2. The molecule has 0 rings (SSSR count). The standard InChI is InChI=1S/C22H40O4.C4H10.C2H6.CO2/c1-3-4-5-6-7-8-9-10-11-12-13-14-15-21(24)18-20(22(25)26)17-16-19(2)23;1-3-4-2;1-2;2-1-3/h20H,3-18H2,1-2H3,(H,25,26);3-4H2,1-2H3;1-2H3;/t20-;;;/m1.../s1. The van der Waals surface area contributed by atoms with Crippen molar-refractivity contribution in [1.29, 1.82) is 0 Å². The van der Waals surface area contributed by atoms with E-state index in [1.807, 2.05) is 13.8 Å². The van der Waals surface area contributed by atoms with Gasteiger partial charge in [-0.1, -0.05) is 118 Å². The molecule has 0 bridgehead atoms. The lowest BCUT2D eigenvalue weighted by Crippen LogP contribution is -2.18. The zero-order valence-corrected chi connectivity index (χ0v) is 23.8. The molecule has 0 amide bonds. The third kappa shape index (κ3) is 42.8. The molecule has 0 aromatic carbocycles. The predicted octanol–water partition coefficient (Wildman–Crippen LogP) is 8.36. The van der Waals surface area contributed by atoms with Crippen LogP contribution in [0.5, 0.6) is 0 Å². The van der Waals surface area contributed by atoms with E-state index in [1.54, 1.807) is 0 Å². The summed E-state index contributed by atoms with van der Waals surface area (Å²) in [5, 5.41) is 9.14. The average molecular weight is 501 g/mol. The largest absolute Gasteiger partial charge is 0.481 e. The third-order valence-corrected chi connectivity index (χ3v) is 5.48. The summed E-state index contributed by atoms with van der Waals surface area (Å²) in [5.74, 6) is -1.67. The number of carbonyl (C=O) groups is 3. The maximum Gasteiger partial charge on any atom is 0.373 e. The van der Waals surface area contributed by atoms with Gasteiger partial charge in [0.05, 0.1) is 5.92 Å². The van der Waals surface area contributed by atoms with Gasteiger partial charge in [0.1, 0.15) is 11.6 Å². The molecule has 0 aliphatic carbocycles. The van der Waals surface area contributed by atoms with Crippen LogP contribution in [0.25, 0.3) is 0 Å². The lowest BCUT2D eigenvalue weighted by Gasteiger charge is -2.10. The van der Waals surface area contributed by atoms with Crippen LogP contribution in [-0.4, -0.2) is 28.8 Å². The number of aliphatic carboxylic acids is 1. The van der Waals surface area contributed by atoms with Gasteiger partial charge in [0.2, 0.25) is 0 Å². The van der Waals surface area contributed by atoms with E-state index in [9.17, 15) is 14.4 Å². The van der Waals surface area contributed by atoms with Crippen molar-refractivity contribution in [3.63, 3.8) is 0 Å². The van der Waals surface area contributed by atoms with E-state index in [1.165, 1.54) is 77.6 Å². The highest BCUT2D eigenvalue weighted by Gasteiger charge is 2.21. The summed E-state index contributed by atoms with van der Waals surface area (Å²) in [6.07, 6.45) is 19.0. The van der Waals surface area contributed by atoms with Crippen LogP contribution in [0.2, 0.25) is 0 Å². The normalized spacial score (nSPS) is 10.2. The van der Waals surface area contributed by atoms with Gasteiger partial charge in [-0.3, -0.25) is 9.59 Å². The molecule has 35 heavy (non-hydrogen) atoms. The molecule has 0 aromatic rings. The molecule has 0 saturated heterocycles. The monoisotopic (exact) mass is 500 g/mol. The molecule has 0 saturated carbocycles. The highest BCUT2D eigenvalue weighted by atomic mass is 16.4. The Labute approximate surface area is 216 Å². The van der Waals surface area contributed by atoms with Gasteiger partial charge in [0, 0.05) is 19.3 Å². The molecule has 0 fully saturated rings. The van der Waals surface area contributed by atoms with Crippen molar-refractivity contribution in [2.75, 3.05) is 0 Å². The summed E-state index contributed by atoms with van der Waals surface area (Å²) < 4.78 is 0. The first kappa shape index (κ1) is 40.4. The lowest BCUT2D eigenvalue weighted by atomic mass is 9.94. The molecule has 0 aliphatic rings. The minimum atomic E-state index is -0.964. The van der Waals surface area contributed by atoms with E-state index < -0.39 is 11.9 Å². The van der Waals surface area contributed by atoms with E-state index in [0.717, 1.165) is 19.3 Å². The third-order valence-electron chi connectivity index (χ3n) is 5.48. The predicted molar refractivity (Wildman–Crippen MR) is 143 cm³/mol. The number of hydrogen-bond donors (Lipinski definition) is 1. The summed E-state index contributed by atoms with van der Waals surface area (Å²) in [7, 11) is 0. The smallest absolute Gasteiger partial charge is 0.373 e. The second kappa shape index (κ2) is 36.8. The van der Waals surface area contributed by atoms with Crippen molar-refractivity contribution in [1.82, 2.24) is 0 Å². The fourth-order valence-corrected chi connectivity index (χ4v) is 3.23. The first-order valence-electron chi connectivity index (χ1n) is 14.0. The summed E-state index contributed by atoms with van der Waals surface area (Å²) in [6.45, 7) is 12.1. The minimum absolute atomic E-state index is 0.0213. The molecule has 0 heterocycles. The van der Waals surface area contributed by atoms with Gasteiger partial charge in [0.15, 0.2) is 0 Å². The van der Waals surface area contributed by atoms with Crippen LogP contribution in [-0.2, 0) is 24.0 Å². The quantitative estimate of drug-likeness (QED) is 0.168. The lowest BCUT2D eigenvalue weighted by molar-refractivity contribution is -0.191. The first-order chi connectivity index (χ1) is 16.8. The molecule has 6 nitrogen and oxygen atoms in total. The number of carbonyl (C=O) groups excluding carboxylic acids is 4. The second-order valence-corrected chi connectivity index (χ2v) is 8.74. The molecular weight excluding hydrogens is 444 g/mol. The molecule has 0 spiro atoms. The van der Waals surface area contributed by atoms with Crippen molar-refractivity contribution in [3.8, 4) is 0 Å². The number of rotatable bonds is 20. The van der Waals surface area contributed by atoms with E-state index in [4.69, 9.17) is 14.7 Å². The Kier molecular flexibility index (Phi) is 42.4. The molecule has 1 N–H and O–H groups in total. The van der Waals surface area contributed by atoms with E-state index in [2.05, 4.69) is 20.8 Å². The topological polar surface area (TPSA) is 106 Å². The van der Waals surface area contributed by atoms with Crippen LogP contribution < -0.4 is 0 Å². The summed E-state index contributed by atoms with van der Waals surface area (Å²) in [4.78, 5) is 50.3. The van der Waals surface area contributed by atoms with Crippen molar-refractivity contribution in [2.45, 2.75) is 157 Å². The van der Waals surface area contributed by atoms with Crippen LogP contribution in [0, 0.1) is 5.92 Å². The van der Waals surface area contributed by atoms with Crippen LogP contribution >= 0.6 is 0 Å². The number of Topliss-reactive ketones (excluding diaryl/α,β-unsaturated/α-hetero) is 2. The SMILES string of the molecule is CC.CCCC.CCCCCCCCCCCCCCC(=O)C[C@@H](CCC(C)=O)C(=O)O.O=C=O. The van der Waals surface area contributed by atoms with Crippen LogP contribution in [0.4, 0.5) is 0 Å². The fraction of sp³-hybridized carbons (Fsp3) is 0.862. The Balaban J connectivity index is -0.000000460. The molecule has 0 aromatic heterocycles. The van der Waals surface area contributed by atoms with Gasteiger partial charge in [-0.25, -0.2) is 0 Å². The van der Waals surface area contributed by atoms with E-state index in [0.29, 0.717) is 6.42 Å². The summed E-state index contributed by atoms with van der Waals surface area (Å²) in [6, 6.07) is 0. The number of unbranched alkanes of at least 4 members (excludes halogenated alkanes) is 12. The Morgan fingerprint density at radius 2 is 1.03 bits per heavy atom. The van der Waals surface area contributed by atoms with Crippen LogP contribution in [0.3, 0.4) is 0 Å². The van der Waals surface area contributed by atoms with Gasteiger partial charge in [-0.05, 0) is 19.8 Å².